The molecule has 40 heavy (non-hydrogen) atoms. The Labute approximate surface area is 240 Å². The number of hydrogen-bond donors (Lipinski definition) is 1. The lowest BCUT2D eigenvalue weighted by molar-refractivity contribution is -0.144. The van der Waals surface area contributed by atoms with Crippen molar-refractivity contribution in [2.45, 2.75) is 64.6 Å². The minimum absolute atomic E-state index is 0.0119. The van der Waals surface area contributed by atoms with Gasteiger partial charge in [-0.3, -0.25) is 4.79 Å². The smallest absolute Gasteiger partial charge is 0.337 e. The summed E-state index contributed by atoms with van der Waals surface area (Å²) in [6.07, 6.45) is 1.45. The van der Waals surface area contributed by atoms with Crippen molar-refractivity contribution in [1.82, 2.24) is 5.32 Å². The lowest BCUT2D eigenvalue weighted by atomic mass is 9.71. The largest absolute Gasteiger partial charge is 0.489 e. The second kappa shape index (κ2) is 12.1. The number of esters is 1. The predicted molar refractivity (Wildman–Crippen MR) is 157 cm³/mol. The Morgan fingerprint density at radius 3 is 2.42 bits per heavy atom. The van der Waals surface area contributed by atoms with Gasteiger partial charge in [0.05, 0.1) is 17.6 Å². The maximum absolute atomic E-state index is 14.0. The fraction of sp³-hybridized carbons (Fsp3) is 0.294. The highest BCUT2D eigenvalue weighted by molar-refractivity contribution is 6.30. The maximum Gasteiger partial charge on any atom is 0.337 e. The van der Waals surface area contributed by atoms with Gasteiger partial charge in [0, 0.05) is 34.0 Å². The summed E-state index contributed by atoms with van der Waals surface area (Å²) in [6, 6.07) is 25.3. The average Bonchev–Trinajstić information content (AvgIpc) is 2.96. The number of Topliss-reactive ketones (excluding diaryl/α,β-unsaturated/α-hetero) is 1. The minimum Gasteiger partial charge on any atom is -0.489 e. The van der Waals surface area contributed by atoms with Crippen molar-refractivity contribution in [3.8, 4) is 5.75 Å². The van der Waals surface area contributed by atoms with Crippen LogP contribution in [0.4, 0.5) is 0 Å². The van der Waals surface area contributed by atoms with Gasteiger partial charge in [-0.25, -0.2) is 4.79 Å². The molecular weight excluding hydrogens is 522 g/mol. The summed E-state index contributed by atoms with van der Waals surface area (Å²) in [5.74, 6) is -0.347. The van der Waals surface area contributed by atoms with Crippen LogP contribution >= 0.6 is 11.6 Å². The van der Waals surface area contributed by atoms with E-state index in [-0.39, 0.29) is 17.8 Å². The van der Waals surface area contributed by atoms with Crippen LogP contribution in [0.15, 0.2) is 101 Å². The van der Waals surface area contributed by atoms with E-state index in [0.717, 1.165) is 22.4 Å². The molecule has 0 amide bonds. The van der Waals surface area contributed by atoms with Crippen molar-refractivity contribution in [1.29, 1.82) is 0 Å². The third-order valence-corrected chi connectivity index (χ3v) is 7.99. The van der Waals surface area contributed by atoms with Crippen molar-refractivity contribution in [2.75, 3.05) is 0 Å². The van der Waals surface area contributed by atoms with E-state index in [1.54, 1.807) is 0 Å². The number of carbonyl (C=O) groups excluding carboxylic acids is 2. The summed E-state index contributed by atoms with van der Waals surface area (Å²) >= 11 is 6.12. The topological polar surface area (TPSA) is 64.6 Å². The first-order chi connectivity index (χ1) is 19.4. The molecule has 0 aromatic heterocycles. The molecule has 1 N–H and O–H groups in total. The average molecular weight is 556 g/mol. The van der Waals surface area contributed by atoms with Crippen molar-refractivity contribution >= 4 is 23.4 Å². The molecule has 0 saturated carbocycles. The van der Waals surface area contributed by atoms with Gasteiger partial charge in [0.1, 0.15) is 12.4 Å². The number of hydrogen-bond acceptors (Lipinski definition) is 5. The highest BCUT2D eigenvalue weighted by Crippen LogP contribution is 2.48. The van der Waals surface area contributed by atoms with Crippen molar-refractivity contribution < 1.29 is 19.1 Å². The first kappa shape index (κ1) is 27.7. The SMILES string of the molecule is CCC(C)OC(=O)C1=C(C)NC2=C(C(=O)CC(c3ccc(Cl)cc3)C2)C1c1ccccc1OCc1ccccc1. The van der Waals surface area contributed by atoms with Crippen LogP contribution in [0.2, 0.25) is 5.02 Å². The molecule has 5 rings (SSSR count). The van der Waals surface area contributed by atoms with Gasteiger partial charge < -0.3 is 14.8 Å². The molecule has 3 unspecified atom stereocenters. The van der Waals surface area contributed by atoms with Gasteiger partial charge in [-0.1, -0.05) is 79.2 Å². The normalized spacial score (nSPS) is 19.6. The van der Waals surface area contributed by atoms with Crippen LogP contribution in [0.25, 0.3) is 0 Å². The van der Waals surface area contributed by atoms with Crippen LogP contribution in [-0.4, -0.2) is 17.9 Å². The molecule has 3 aromatic rings. The summed E-state index contributed by atoms with van der Waals surface area (Å²) in [4.78, 5) is 27.6. The number of halogens is 1. The standard InChI is InChI=1S/C34H34ClNO4/c1-4-21(2)40-34(38)31-22(3)36-28-18-25(24-14-16-26(35)17-15-24)19-29(37)33(28)32(31)27-12-8-9-13-30(27)39-20-23-10-6-5-7-11-23/h5-17,21,25,32,36H,4,18-20H2,1-3H3. The fourth-order valence-corrected chi connectivity index (χ4v) is 5.63. The van der Waals surface area contributed by atoms with Crippen LogP contribution in [0.1, 0.15) is 68.6 Å². The second-order valence-electron chi connectivity index (χ2n) is 10.5. The maximum atomic E-state index is 14.0. The Morgan fingerprint density at radius 1 is 1.00 bits per heavy atom. The first-order valence-corrected chi connectivity index (χ1v) is 14.2. The van der Waals surface area contributed by atoms with Crippen molar-refractivity contribution in [2.24, 2.45) is 0 Å². The molecule has 1 aliphatic carbocycles. The highest BCUT2D eigenvalue weighted by atomic mass is 35.5. The number of nitrogens with one attached hydrogen (secondary N) is 1. The lowest BCUT2D eigenvalue weighted by Gasteiger charge is -2.37. The molecule has 0 spiro atoms. The van der Waals surface area contributed by atoms with Gasteiger partial charge in [-0.05, 0) is 61.9 Å². The molecule has 1 heterocycles. The summed E-state index contributed by atoms with van der Waals surface area (Å²) in [6.45, 7) is 6.11. The van der Waals surface area contributed by atoms with E-state index in [4.69, 9.17) is 21.1 Å². The van der Waals surface area contributed by atoms with Gasteiger partial charge in [0.25, 0.3) is 0 Å². The molecule has 0 fully saturated rings. The molecule has 0 saturated heterocycles. The van der Waals surface area contributed by atoms with Crippen molar-refractivity contribution in [3.63, 3.8) is 0 Å². The summed E-state index contributed by atoms with van der Waals surface area (Å²) in [5, 5.41) is 4.09. The summed E-state index contributed by atoms with van der Waals surface area (Å²) in [7, 11) is 0. The monoisotopic (exact) mass is 555 g/mol. The van der Waals surface area contributed by atoms with Crippen LogP contribution in [0.3, 0.4) is 0 Å². The molecule has 3 atom stereocenters. The molecule has 5 nitrogen and oxygen atoms in total. The fourth-order valence-electron chi connectivity index (χ4n) is 5.51. The van der Waals surface area contributed by atoms with Gasteiger partial charge in [-0.15, -0.1) is 0 Å². The van der Waals surface area contributed by atoms with Crippen LogP contribution in [-0.2, 0) is 20.9 Å². The Balaban J connectivity index is 1.57. The van der Waals surface area contributed by atoms with E-state index in [0.29, 0.717) is 53.5 Å². The third kappa shape index (κ3) is 5.85. The Hall–Kier alpha value is -3.83. The van der Waals surface area contributed by atoms with E-state index < -0.39 is 11.9 Å². The summed E-state index contributed by atoms with van der Waals surface area (Å²) in [5.41, 5.74) is 5.48. The zero-order valence-electron chi connectivity index (χ0n) is 23.1. The summed E-state index contributed by atoms with van der Waals surface area (Å²) < 4.78 is 12.1. The van der Waals surface area contributed by atoms with E-state index in [1.807, 2.05) is 99.6 Å². The molecule has 3 aromatic carbocycles. The molecule has 1 aliphatic heterocycles. The van der Waals surface area contributed by atoms with Crippen molar-refractivity contribution in [3.05, 3.63) is 123 Å². The number of ketones is 1. The van der Waals surface area contributed by atoms with Crippen LogP contribution in [0.5, 0.6) is 5.75 Å². The number of benzene rings is 3. The van der Waals surface area contributed by atoms with E-state index in [9.17, 15) is 9.59 Å². The predicted octanol–water partition coefficient (Wildman–Crippen LogP) is 7.62. The Bertz CT molecular complexity index is 1460. The first-order valence-electron chi connectivity index (χ1n) is 13.8. The number of allylic oxidation sites excluding steroid dienone is 3. The van der Waals surface area contributed by atoms with Gasteiger partial charge in [0.2, 0.25) is 0 Å². The number of dihydropyridines is 1. The third-order valence-electron chi connectivity index (χ3n) is 7.74. The highest BCUT2D eigenvalue weighted by Gasteiger charge is 2.42. The number of ether oxygens (including phenoxy) is 2. The number of carbonyl (C=O) groups is 2. The van der Waals surface area contributed by atoms with Crippen LogP contribution < -0.4 is 10.1 Å². The van der Waals surface area contributed by atoms with Crippen LogP contribution in [0, 0.1) is 0 Å². The minimum atomic E-state index is -0.599. The van der Waals surface area contributed by atoms with E-state index >= 15 is 0 Å². The van der Waals surface area contributed by atoms with Gasteiger partial charge in [-0.2, -0.15) is 0 Å². The molecule has 0 radical (unpaired) electrons. The quantitative estimate of drug-likeness (QED) is 0.290. The molecule has 206 valence electrons. The van der Waals surface area contributed by atoms with Gasteiger partial charge in [0.15, 0.2) is 5.78 Å². The Morgan fingerprint density at radius 2 is 1.70 bits per heavy atom. The molecular formula is C34H34ClNO4. The second-order valence-corrected chi connectivity index (χ2v) is 10.9. The zero-order valence-corrected chi connectivity index (χ0v) is 23.8. The molecule has 0 bridgehead atoms. The number of para-hydroxylation sites is 1. The Kier molecular flexibility index (Phi) is 8.41. The van der Waals surface area contributed by atoms with Gasteiger partial charge >= 0.3 is 5.97 Å². The lowest BCUT2D eigenvalue weighted by Crippen LogP contribution is -2.36. The van der Waals surface area contributed by atoms with E-state index in [1.165, 1.54) is 0 Å². The zero-order chi connectivity index (χ0) is 28.2. The van der Waals surface area contributed by atoms with E-state index in [2.05, 4.69) is 5.32 Å². The number of rotatable bonds is 8. The molecule has 2 aliphatic rings. The molecule has 6 heteroatoms.